The predicted octanol–water partition coefficient (Wildman–Crippen LogP) is 2.98. The van der Waals surface area contributed by atoms with Crippen LogP contribution in [-0.2, 0) is 4.79 Å². The first-order valence-corrected chi connectivity index (χ1v) is 9.59. The first-order chi connectivity index (χ1) is 13.0. The van der Waals surface area contributed by atoms with Crippen LogP contribution in [0, 0.1) is 6.92 Å². The van der Waals surface area contributed by atoms with Crippen molar-refractivity contribution in [2.45, 2.75) is 45.7 Å². The number of likely N-dealkylation sites (N-methyl/N-ethyl adjacent to an activating group) is 1. The molecular formula is C20H28N4O3. The van der Waals surface area contributed by atoms with Crippen LogP contribution in [0.2, 0.25) is 0 Å². The van der Waals surface area contributed by atoms with Gasteiger partial charge in [-0.05, 0) is 38.8 Å². The third kappa shape index (κ3) is 4.54. The van der Waals surface area contributed by atoms with Gasteiger partial charge < -0.3 is 9.63 Å². The van der Waals surface area contributed by atoms with E-state index >= 15 is 0 Å². The lowest BCUT2D eigenvalue weighted by atomic mass is 10.0. The van der Waals surface area contributed by atoms with Gasteiger partial charge in [-0.1, -0.05) is 36.3 Å². The van der Waals surface area contributed by atoms with Crippen molar-refractivity contribution in [3.8, 4) is 11.4 Å². The summed E-state index contributed by atoms with van der Waals surface area (Å²) in [6, 6.07) is 8.38. The molecule has 27 heavy (non-hydrogen) atoms. The Kier molecular flexibility index (Phi) is 6.23. The lowest BCUT2D eigenvalue weighted by Crippen LogP contribution is -2.47. The maximum atomic E-state index is 11.0. The molecule has 1 atom stereocenters. The van der Waals surface area contributed by atoms with Gasteiger partial charge in [-0.25, -0.2) is 0 Å². The van der Waals surface area contributed by atoms with Gasteiger partial charge in [0.15, 0.2) is 0 Å². The summed E-state index contributed by atoms with van der Waals surface area (Å²) in [5, 5.41) is 13.2. The normalized spacial score (nSPS) is 17.3. The third-order valence-corrected chi connectivity index (χ3v) is 5.49. The summed E-state index contributed by atoms with van der Waals surface area (Å²) < 4.78 is 5.55. The number of hydrogen-bond donors (Lipinski definition) is 1. The van der Waals surface area contributed by atoms with Gasteiger partial charge in [-0.3, -0.25) is 14.6 Å². The Labute approximate surface area is 160 Å². The molecule has 0 bridgehead atoms. The van der Waals surface area contributed by atoms with Crippen molar-refractivity contribution >= 4 is 5.97 Å². The Balaban J connectivity index is 1.62. The SMILES string of the molecule is CCN(CC(=O)O)C1CCN(C(C)c2nc(-c3ccccc3C)no2)CC1. The van der Waals surface area contributed by atoms with Crippen LogP contribution in [0.15, 0.2) is 28.8 Å². The second-order valence-corrected chi connectivity index (χ2v) is 7.17. The van der Waals surface area contributed by atoms with Crippen molar-refractivity contribution in [3.05, 3.63) is 35.7 Å². The topological polar surface area (TPSA) is 82.7 Å². The molecular weight excluding hydrogens is 344 g/mol. The van der Waals surface area contributed by atoms with Gasteiger partial charge in [-0.15, -0.1) is 0 Å². The average Bonchev–Trinajstić information content (AvgIpc) is 3.16. The Morgan fingerprint density at radius 2 is 2.07 bits per heavy atom. The standard InChI is InChI=1S/C20H28N4O3/c1-4-23(13-18(25)26)16-9-11-24(12-10-16)15(3)20-21-19(22-27-20)17-8-6-5-7-14(17)2/h5-8,15-16H,4,9-13H2,1-3H3,(H,25,26). The van der Waals surface area contributed by atoms with Crippen LogP contribution in [0.4, 0.5) is 0 Å². The van der Waals surface area contributed by atoms with E-state index in [1.54, 1.807) is 0 Å². The Morgan fingerprint density at radius 1 is 1.37 bits per heavy atom. The minimum atomic E-state index is -0.762. The fourth-order valence-electron chi connectivity index (χ4n) is 3.81. The number of aryl methyl sites for hydroxylation is 1. The number of piperidine rings is 1. The van der Waals surface area contributed by atoms with E-state index in [0.29, 0.717) is 17.8 Å². The molecule has 1 aromatic carbocycles. The van der Waals surface area contributed by atoms with Crippen molar-refractivity contribution in [2.75, 3.05) is 26.2 Å². The molecule has 0 aliphatic carbocycles. The second-order valence-electron chi connectivity index (χ2n) is 7.17. The largest absolute Gasteiger partial charge is 0.480 e. The number of carboxylic acid groups (broad SMARTS) is 1. The van der Waals surface area contributed by atoms with E-state index in [0.717, 1.165) is 43.6 Å². The molecule has 0 spiro atoms. The molecule has 1 N–H and O–H groups in total. The van der Waals surface area contributed by atoms with Crippen molar-refractivity contribution in [2.24, 2.45) is 0 Å². The summed E-state index contributed by atoms with van der Waals surface area (Å²) in [6.07, 6.45) is 1.90. The van der Waals surface area contributed by atoms with Crippen LogP contribution >= 0.6 is 0 Å². The fourth-order valence-corrected chi connectivity index (χ4v) is 3.81. The Hall–Kier alpha value is -2.25. The molecule has 7 nitrogen and oxygen atoms in total. The molecule has 1 saturated heterocycles. The van der Waals surface area contributed by atoms with Crippen LogP contribution < -0.4 is 0 Å². The zero-order valence-corrected chi connectivity index (χ0v) is 16.3. The number of aliphatic carboxylic acids is 1. The number of carbonyl (C=O) groups is 1. The monoisotopic (exact) mass is 372 g/mol. The van der Waals surface area contributed by atoms with E-state index in [9.17, 15) is 4.79 Å². The molecule has 1 fully saturated rings. The Morgan fingerprint density at radius 3 is 2.70 bits per heavy atom. The van der Waals surface area contributed by atoms with Gasteiger partial charge in [0.25, 0.3) is 0 Å². The van der Waals surface area contributed by atoms with Crippen LogP contribution in [-0.4, -0.2) is 63.2 Å². The van der Waals surface area contributed by atoms with Crippen LogP contribution in [0.1, 0.15) is 44.2 Å². The average molecular weight is 372 g/mol. The lowest BCUT2D eigenvalue weighted by Gasteiger charge is -2.39. The van der Waals surface area contributed by atoms with Crippen molar-refractivity contribution in [1.82, 2.24) is 19.9 Å². The molecule has 1 aliphatic heterocycles. The predicted molar refractivity (Wildman–Crippen MR) is 102 cm³/mol. The molecule has 2 aromatic rings. The summed E-state index contributed by atoms with van der Waals surface area (Å²) in [5.74, 6) is 0.496. The summed E-state index contributed by atoms with van der Waals surface area (Å²) in [4.78, 5) is 20.0. The molecule has 3 rings (SSSR count). The van der Waals surface area contributed by atoms with E-state index in [2.05, 4.69) is 22.0 Å². The number of hydrogen-bond acceptors (Lipinski definition) is 6. The third-order valence-electron chi connectivity index (χ3n) is 5.49. The number of aromatic nitrogens is 2. The lowest BCUT2D eigenvalue weighted by molar-refractivity contribution is -0.139. The van der Waals surface area contributed by atoms with Gasteiger partial charge in [0.2, 0.25) is 11.7 Å². The molecule has 0 saturated carbocycles. The smallest absolute Gasteiger partial charge is 0.317 e. The second kappa shape index (κ2) is 8.63. The minimum absolute atomic E-state index is 0.0470. The first kappa shape index (κ1) is 19.5. The highest BCUT2D eigenvalue weighted by Crippen LogP contribution is 2.27. The van der Waals surface area contributed by atoms with E-state index in [4.69, 9.17) is 9.63 Å². The van der Waals surface area contributed by atoms with Gasteiger partial charge >= 0.3 is 5.97 Å². The molecule has 1 aromatic heterocycles. The van der Waals surface area contributed by atoms with Gasteiger partial charge in [0, 0.05) is 24.7 Å². The van der Waals surface area contributed by atoms with Gasteiger partial charge in [-0.2, -0.15) is 4.98 Å². The minimum Gasteiger partial charge on any atom is -0.480 e. The number of carboxylic acids is 1. The van der Waals surface area contributed by atoms with Crippen LogP contribution in [0.3, 0.4) is 0 Å². The molecule has 0 radical (unpaired) electrons. The van der Waals surface area contributed by atoms with Gasteiger partial charge in [0.05, 0.1) is 12.6 Å². The molecule has 1 aliphatic rings. The maximum Gasteiger partial charge on any atom is 0.317 e. The zero-order chi connectivity index (χ0) is 19.4. The molecule has 2 heterocycles. The van der Waals surface area contributed by atoms with E-state index < -0.39 is 5.97 Å². The number of nitrogens with zero attached hydrogens (tertiary/aromatic N) is 4. The van der Waals surface area contributed by atoms with Gasteiger partial charge in [0.1, 0.15) is 0 Å². The van der Waals surface area contributed by atoms with E-state index in [1.807, 2.05) is 43.0 Å². The highest BCUT2D eigenvalue weighted by atomic mass is 16.5. The summed E-state index contributed by atoms with van der Waals surface area (Å²) in [6.45, 7) is 8.80. The van der Waals surface area contributed by atoms with E-state index in [-0.39, 0.29) is 12.6 Å². The summed E-state index contributed by atoms with van der Waals surface area (Å²) in [7, 11) is 0. The molecule has 7 heteroatoms. The maximum absolute atomic E-state index is 11.0. The molecule has 0 amide bonds. The number of likely N-dealkylation sites (tertiary alicyclic amines) is 1. The van der Waals surface area contributed by atoms with Crippen molar-refractivity contribution < 1.29 is 14.4 Å². The number of rotatable bonds is 7. The zero-order valence-electron chi connectivity index (χ0n) is 16.3. The highest BCUT2D eigenvalue weighted by molar-refractivity contribution is 5.69. The summed E-state index contributed by atoms with van der Waals surface area (Å²) >= 11 is 0. The molecule has 146 valence electrons. The van der Waals surface area contributed by atoms with Crippen LogP contribution in [0.5, 0.6) is 0 Å². The molecule has 1 unspecified atom stereocenters. The Bertz CT molecular complexity index is 768. The number of benzene rings is 1. The van der Waals surface area contributed by atoms with Crippen LogP contribution in [0.25, 0.3) is 11.4 Å². The quantitative estimate of drug-likeness (QED) is 0.800. The fraction of sp³-hybridized carbons (Fsp3) is 0.550. The summed E-state index contributed by atoms with van der Waals surface area (Å²) in [5.41, 5.74) is 2.11. The first-order valence-electron chi connectivity index (χ1n) is 9.59. The van der Waals surface area contributed by atoms with Crippen molar-refractivity contribution in [3.63, 3.8) is 0 Å². The highest BCUT2D eigenvalue weighted by Gasteiger charge is 2.29. The van der Waals surface area contributed by atoms with Crippen molar-refractivity contribution in [1.29, 1.82) is 0 Å². The van der Waals surface area contributed by atoms with E-state index in [1.165, 1.54) is 0 Å².